The number of nitrogens with one attached hydrogen (secondary N) is 1. The minimum Gasteiger partial charge on any atom is -0.370 e. The van der Waals surface area contributed by atoms with Crippen molar-refractivity contribution in [1.29, 1.82) is 0 Å². The number of fused-ring (bicyclic) bond motifs is 1. The van der Waals surface area contributed by atoms with E-state index in [4.69, 9.17) is 11.6 Å². The van der Waals surface area contributed by atoms with Crippen LogP contribution in [0.1, 0.15) is 23.2 Å². The fraction of sp³-hybridized carbons (Fsp3) is 0.462. The Morgan fingerprint density at radius 1 is 1.47 bits per heavy atom. The van der Waals surface area contributed by atoms with Gasteiger partial charge in [0.1, 0.15) is 5.84 Å². The van der Waals surface area contributed by atoms with Gasteiger partial charge in [-0.1, -0.05) is 11.6 Å². The van der Waals surface area contributed by atoms with E-state index in [0.717, 1.165) is 43.3 Å². The number of aromatic nitrogens is 1. The number of hydrogen-bond acceptors (Lipinski definition) is 2. The second-order valence-corrected chi connectivity index (χ2v) is 5.13. The van der Waals surface area contributed by atoms with Crippen molar-refractivity contribution >= 4 is 23.5 Å². The van der Waals surface area contributed by atoms with E-state index in [2.05, 4.69) is 34.1 Å². The van der Waals surface area contributed by atoms with Crippen molar-refractivity contribution in [2.75, 3.05) is 13.1 Å². The zero-order valence-electron chi connectivity index (χ0n) is 9.96. The summed E-state index contributed by atoms with van der Waals surface area (Å²) in [5.74, 6) is 1.10. The third-order valence-corrected chi connectivity index (χ3v) is 3.70. The van der Waals surface area contributed by atoms with E-state index in [1.54, 1.807) is 0 Å². The molecule has 0 saturated carbocycles. The molecule has 3 rings (SSSR count). The minimum absolute atomic E-state index is 0.863. The van der Waals surface area contributed by atoms with Crippen molar-refractivity contribution in [2.24, 2.45) is 4.99 Å². The van der Waals surface area contributed by atoms with E-state index in [9.17, 15) is 0 Å². The largest absolute Gasteiger partial charge is 0.370 e. The van der Waals surface area contributed by atoms with Gasteiger partial charge in [0.25, 0.3) is 0 Å². The van der Waals surface area contributed by atoms with Crippen molar-refractivity contribution in [1.82, 2.24) is 9.88 Å². The van der Waals surface area contributed by atoms with Gasteiger partial charge >= 0.3 is 0 Å². The summed E-state index contributed by atoms with van der Waals surface area (Å²) in [5.41, 5.74) is 4.00. The Morgan fingerprint density at radius 2 is 2.35 bits per heavy atom. The van der Waals surface area contributed by atoms with Crippen molar-refractivity contribution in [3.63, 3.8) is 0 Å². The molecule has 0 amide bonds. The summed E-state index contributed by atoms with van der Waals surface area (Å²) >= 11 is 6.11. The van der Waals surface area contributed by atoms with Crippen LogP contribution in [0.25, 0.3) is 6.08 Å². The molecule has 0 fully saturated rings. The fourth-order valence-electron chi connectivity index (χ4n) is 2.56. The van der Waals surface area contributed by atoms with Gasteiger partial charge in [-0.3, -0.25) is 4.99 Å². The molecule has 2 heterocycles. The first kappa shape index (κ1) is 10.9. The van der Waals surface area contributed by atoms with Gasteiger partial charge in [-0.2, -0.15) is 0 Å². The van der Waals surface area contributed by atoms with E-state index in [1.807, 2.05) is 0 Å². The molecule has 0 aromatic carbocycles. The molecule has 1 aromatic rings. The number of aryl methyl sites for hydroxylation is 1. The number of allylic oxidation sites excluding steroid dienone is 1. The van der Waals surface area contributed by atoms with Crippen molar-refractivity contribution in [2.45, 2.75) is 26.3 Å². The Bertz CT molecular complexity index is 511. The summed E-state index contributed by atoms with van der Waals surface area (Å²) in [6.07, 6.45) is 6.30. The van der Waals surface area contributed by atoms with Gasteiger partial charge in [0.15, 0.2) is 0 Å². The number of amidine groups is 1. The number of aliphatic imine (C=N–C) groups is 1. The fourth-order valence-corrected chi connectivity index (χ4v) is 2.76. The standard InChI is InChI=1S/C13H16ClN3/c1-9-7-17(8-13-15-4-5-16-13)12-3-2-10(14)6-11(9)12/h6-7H,2-5,8H2,1H3,(H,15,16). The molecular weight excluding hydrogens is 234 g/mol. The van der Waals surface area contributed by atoms with Gasteiger partial charge in [-0.05, 0) is 37.0 Å². The van der Waals surface area contributed by atoms with Crippen LogP contribution in [-0.4, -0.2) is 23.5 Å². The molecule has 0 atom stereocenters. The maximum absolute atomic E-state index is 6.11. The van der Waals surface area contributed by atoms with E-state index in [0.29, 0.717) is 0 Å². The smallest absolute Gasteiger partial charge is 0.116 e. The van der Waals surface area contributed by atoms with Crippen LogP contribution in [0.2, 0.25) is 0 Å². The Labute approximate surface area is 106 Å². The average molecular weight is 250 g/mol. The molecule has 0 saturated heterocycles. The molecule has 0 unspecified atom stereocenters. The highest BCUT2D eigenvalue weighted by Crippen LogP contribution is 2.29. The lowest BCUT2D eigenvalue weighted by atomic mass is 10.0. The van der Waals surface area contributed by atoms with Gasteiger partial charge < -0.3 is 9.88 Å². The molecule has 90 valence electrons. The van der Waals surface area contributed by atoms with Gasteiger partial charge in [0.05, 0.1) is 13.1 Å². The minimum atomic E-state index is 0.863. The molecule has 1 aromatic heterocycles. The number of hydrogen-bond donors (Lipinski definition) is 1. The first-order chi connectivity index (χ1) is 8.24. The van der Waals surface area contributed by atoms with Crippen molar-refractivity contribution < 1.29 is 0 Å². The molecule has 1 aliphatic heterocycles. The van der Waals surface area contributed by atoms with Crippen LogP contribution in [0, 0.1) is 6.92 Å². The average Bonchev–Trinajstić information content (AvgIpc) is 2.89. The third kappa shape index (κ3) is 2.00. The summed E-state index contributed by atoms with van der Waals surface area (Å²) in [6.45, 7) is 4.89. The second-order valence-electron chi connectivity index (χ2n) is 4.65. The number of rotatable bonds is 2. The van der Waals surface area contributed by atoms with Crippen LogP contribution >= 0.6 is 11.6 Å². The highest BCUT2D eigenvalue weighted by atomic mass is 35.5. The molecule has 0 radical (unpaired) electrons. The van der Waals surface area contributed by atoms with E-state index in [-0.39, 0.29) is 0 Å². The van der Waals surface area contributed by atoms with Crippen molar-refractivity contribution in [3.8, 4) is 0 Å². The Hall–Kier alpha value is -1.22. The first-order valence-electron chi connectivity index (χ1n) is 6.06. The zero-order chi connectivity index (χ0) is 11.8. The highest BCUT2D eigenvalue weighted by Gasteiger charge is 2.17. The molecule has 1 N–H and O–H groups in total. The monoisotopic (exact) mass is 249 g/mol. The van der Waals surface area contributed by atoms with Crippen LogP contribution in [0.3, 0.4) is 0 Å². The maximum atomic E-state index is 6.11. The Kier molecular flexibility index (Phi) is 2.71. The van der Waals surface area contributed by atoms with E-state index < -0.39 is 0 Å². The summed E-state index contributed by atoms with van der Waals surface area (Å²) in [7, 11) is 0. The summed E-state index contributed by atoms with van der Waals surface area (Å²) in [6, 6.07) is 0. The lowest BCUT2D eigenvalue weighted by Gasteiger charge is -2.14. The molecule has 4 heteroatoms. The van der Waals surface area contributed by atoms with E-state index in [1.165, 1.54) is 16.8 Å². The topological polar surface area (TPSA) is 29.3 Å². The summed E-state index contributed by atoms with van der Waals surface area (Å²) in [4.78, 5) is 4.45. The molecule has 0 spiro atoms. The second kappa shape index (κ2) is 4.22. The Balaban J connectivity index is 1.93. The predicted octanol–water partition coefficient (Wildman–Crippen LogP) is 2.32. The van der Waals surface area contributed by atoms with Crippen LogP contribution < -0.4 is 5.32 Å². The molecule has 1 aliphatic carbocycles. The normalized spacial score (nSPS) is 18.5. The van der Waals surface area contributed by atoms with Gasteiger partial charge in [0, 0.05) is 23.5 Å². The molecule has 2 aliphatic rings. The van der Waals surface area contributed by atoms with Crippen LogP contribution in [0.4, 0.5) is 0 Å². The van der Waals surface area contributed by atoms with Crippen LogP contribution in [0.5, 0.6) is 0 Å². The third-order valence-electron chi connectivity index (χ3n) is 3.40. The highest BCUT2D eigenvalue weighted by molar-refractivity contribution is 6.31. The zero-order valence-corrected chi connectivity index (χ0v) is 10.7. The number of halogens is 1. The lowest BCUT2D eigenvalue weighted by molar-refractivity contribution is 0.753. The van der Waals surface area contributed by atoms with E-state index >= 15 is 0 Å². The summed E-state index contributed by atoms with van der Waals surface area (Å²) in [5, 5.41) is 4.28. The van der Waals surface area contributed by atoms with Crippen LogP contribution in [-0.2, 0) is 13.0 Å². The molecule has 17 heavy (non-hydrogen) atoms. The number of nitrogens with zero attached hydrogens (tertiary/aromatic N) is 2. The molecular formula is C13H16ClN3. The molecule has 0 bridgehead atoms. The van der Waals surface area contributed by atoms with Gasteiger partial charge in [-0.15, -0.1) is 0 Å². The van der Waals surface area contributed by atoms with Crippen molar-refractivity contribution in [3.05, 3.63) is 28.0 Å². The molecule has 3 nitrogen and oxygen atoms in total. The van der Waals surface area contributed by atoms with Crippen LogP contribution in [0.15, 0.2) is 16.2 Å². The predicted molar refractivity (Wildman–Crippen MR) is 71.6 cm³/mol. The SMILES string of the molecule is Cc1cn(CC2=NCCN2)c2c1C=C(Cl)CC2. The van der Waals surface area contributed by atoms with Gasteiger partial charge in [0.2, 0.25) is 0 Å². The Morgan fingerprint density at radius 3 is 3.12 bits per heavy atom. The lowest BCUT2D eigenvalue weighted by Crippen LogP contribution is -2.24. The maximum Gasteiger partial charge on any atom is 0.116 e. The first-order valence-corrected chi connectivity index (χ1v) is 6.44. The quantitative estimate of drug-likeness (QED) is 0.857. The van der Waals surface area contributed by atoms with Gasteiger partial charge in [-0.25, -0.2) is 0 Å². The summed E-state index contributed by atoms with van der Waals surface area (Å²) < 4.78 is 2.31.